The van der Waals surface area contributed by atoms with Crippen LogP contribution in [0, 0.1) is 24.2 Å². The number of rotatable bonds is 7. The Kier molecular flexibility index (Phi) is 6.05. The third-order valence-electron chi connectivity index (χ3n) is 6.37. The summed E-state index contributed by atoms with van der Waals surface area (Å²) in [5, 5.41) is 22.3. The van der Waals surface area contributed by atoms with E-state index < -0.39 is 53.6 Å². The van der Waals surface area contributed by atoms with Gasteiger partial charge in [0.15, 0.2) is 0 Å². The number of terminal acetylenes is 1. The van der Waals surface area contributed by atoms with Gasteiger partial charge in [0.25, 0.3) is 0 Å². The smallest absolute Gasteiger partial charge is 0.325 e. The van der Waals surface area contributed by atoms with Crippen molar-refractivity contribution in [3.63, 3.8) is 0 Å². The SMILES string of the molecule is C#CCN1C(=O)C2C(c3ccc(/C=C/c4ccccc4)cc3)NC(CC(=O)O)(C(=O)O)C2C1=O. The number of benzene rings is 2. The van der Waals surface area contributed by atoms with Crippen molar-refractivity contribution in [3.8, 4) is 12.3 Å². The summed E-state index contributed by atoms with van der Waals surface area (Å²) in [6.07, 6.45) is 8.29. The molecule has 0 spiro atoms. The van der Waals surface area contributed by atoms with E-state index >= 15 is 0 Å². The summed E-state index contributed by atoms with van der Waals surface area (Å²) in [5.74, 6) is -4.50. The molecule has 0 saturated carbocycles. The van der Waals surface area contributed by atoms with E-state index in [1.807, 2.05) is 54.6 Å². The lowest BCUT2D eigenvalue weighted by Crippen LogP contribution is -2.56. The van der Waals surface area contributed by atoms with E-state index in [1.54, 1.807) is 12.1 Å². The Morgan fingerprint density at radius 1 is 1.00 bits per heavy atom. The number of carboxylic acid groups (broad SMARTS) is 2. The first-order valence-electron chi connectivity index (χ1n) is 10.6. The molecule has 8 heteroatoms. The molecular formula is C26H22N2O6. The summed E-state index contributed by atoms with van der Waals surface area (Å²) >= 11 is 0. The maximum Gasteiger partial charge on any atom is 0.325 e. The van der Waals surface area contributed by atoms with Crippen LogP contribution in [0.2, 0.25) is 0 Å². The highest BCUT2D eigenvalue weighted by Crippen LogP contribution is 2.50. The molecule has 2 aliphatic heterocycles. The largest absolute Gasteiger partial charge is 0.481 e. The van der Waals surface area contributed by atoms with E-state index in [2.05, 4.69) is 11.2 Å². The first-order valence-corrected chi connectivity index (χ1v) is 10.6. The van der Waals surface area contributed by atoms with E-state index in [9.17, 15) is 29.4 Å². The number of hydrogen-bond donors (Lipinski definition) is 3. The Hall–Kier alpha value is -4.22. The predicted octanol–water partition coefficient (Wildman–Crippen LogP) is 2.03. The third-order valence-corrected chi connectivity index (χ3v) is 6.37. The molecular weight excluding hydrogens is 436 g/mol. The first kappa shape index (κ1) is 23.0. The second-order valence-corrected chi connectivity index (χ2v) is 8.35. The number of likely N-dealkylation sites (tertiary alicyclic amines) is 1. The average molecular weight is 458 g/mol. The van der Waals surface area contributed by atoms with Crippen LogP contribution < -0.4 is 5.32 Å². The zero-order valence-electron chi connectivity index (χ0n) is 18.0. The quantitative estimate of drug-likeness (QED) is 0.329. The molecule has 2 saturated heterocycles. The van der Waals surface area contributed by atoms with Crippen molar-refractivity contribution in [3.05, 3.63) is 71.3 Å². The van der Waals surface area contributed by atoms with Gasteiger partial charge in [-0.25, -0.2) is 0 Å². The van der Waals surface area contributed by atoms with Crippen molar-refractivity contribution in [2.75, 3.05) is 6.54 Å². The van der Waals surface area contributed by atoms with Crippen LogP contribution in [0.25, 0.3) is 12.2 Å². The number of carbonyl (C=O) groups excluding carboxylic acids is 2. The van der Waals surface area contributed by atoms with Crippen molar-refractivity contribution in [2.24, 2.45) is 11.8 Å². The maximum atomic E-state index is 13.1. The third kappa shape index (κ3) is 3.87. The van der Waals surface area contributed by atoms with Gasteiger partial charge in [-0.05, 0) is 16.7 Å². The summed E-state index contributed by atoms with van der Waals surface area (Å²) in [6, 6.07) is 15.9. The lowest BCUT2D eigenvalue weighted by atomic mass is 9.77. The van der Waals surface area contributed by atoms with Crippen LogP contribution >= 0.6 is 0 Å². The zero-order valence-corrected chi connectivity index (χ0v) is 18.0. The molecule has 3 N–H and O–H groups in total. The van der Waals surface area contributed by atoms with Gasteiger partial charge >= 0.3 is 11.9 Å². The molecule has 8 nitrogen and oxygen atoms in total. The van der Waals surface area contributed by atoms with Gasteiger partial charge in [0.1, 0.15) is 5.54 Å². The fourth-order valence-corrected chi connectivity index (χ4v) is 4.84. The van der Waals surface area contributed by atoms with E-state index in [4.69, 9.17) is 6.42 Å². The van der Waals surface area contributed by atoms with E-state index in [-0.39, 0.29) is 6.54 Å². The number of carboxylic acids is 2. The van der Waals surface area contributed by atoms with Crippen LogP contribution in [-0.2, 0) is 19.2 Å². The summed E-state index contributed by atoms with van der Waals surface area (Å²) in [4.78, 5) is 50.9. The summed E-state index contributed by atoms with van der Waals surface area (Å²) in [5.41, 5.74) is 0.336. The number of imide groups is 1. The van der Waals surface area contributed by atoms with Gasteiger partial charge in [0.2, 0.25) is 11.8 Å². The number of nitrogens with one attached hydrogen (secondary N) is 1. The highest BCUT2D eigenvalue weighted by Gasteiger charge is 2.68. The minimum Gasteiger partial charge on any atom is -0.481 e. The van der Waals surface area contributed by atoms with E-state index in [1.165, 1.54) is 0 Å². The predicted molar refractivity (Wildman–Crippen MR) is 123 cm³/mol. The highest BCUT2D eigenvalue weighted by molar-refractivity contribution is 6.10. The Morgan fingerprint density at radius 2 is 1.62 bits per heavy atom. The second kappa shape index (κ2) is 8.96. The topological polar surface area (TPSA) is 124 Å². The van der Waals surface area contributed by atoms with Gasteiger partial charge in [0, 0.05) is 6.04 Å². The highest BCUT2D eigenvalue weighted by atomic mass is 16.4. The molecule has 2 aromatic carbocycles. The Morgan fingerprint density at radius 3 is 2.18 bits per heavy atom. The molecule has 2 aliphatic rings. The van der Waals surface area contributed by atoms with Crippen molar-refractivity contribution < 1.29 is 29.4 Å². The standard InChI is InChI=1S/C26H22N2O6/c1-2-14-28-23(31)20-21(24(28)32)26(25(33)34,15-19(29)30)27-22(20)18-12-10-17(11-13-18)9-8-16-6-4-3-5-7-16/h1,3-13,20-22,27H,14-15H2,(H,29,30)(H,33,34)/b9-8+. The molecule has 4 atom stereocenters. The lowest BCUT2D eigenvalue weighted by Gasteiger charge is -2.29. The van der Waals surface area contributed by atoms with Crippen LogP contribution in [0.4, 0.5) is 0 Å². The minimum absolute atomic E-state index is 0.302. The van der Waals surface area contributed by atoms with Crippen LogP contribution in [0.1, 0.15) is 29.2 Å². The number of carbonyl (C=O) groups is 4. The monoisotopic (exact) mass is 458 g/mol. The minimum atomic E-state index is -2.14. The molecule has 2 amide bonds. The van der Waals surface area contributed by atoms with Crippen LogP contribution in [0.15, 0.2) is 54.6 Å². The summed E-state index contributed by atoms with van der Waals surface area (Å²) in [7, 11) is 0. The van der Waals surface area contributed by atoms with Gasteiger partial charge in [-0.15, -0.1) is 6.42 Å². The van der Waals surface area contributed by atoms with E-state index in [0.29, 0.717) is 5.56 Å². The molecule has 34 heavy (non-hydrogen) atoms. The molecule has 4 unspecified atom stereocenters. The van der Waals surface area contributed by atoms with Crippen molar-refractivity contribution in [2.45, 2.75) is 18.0 Å². The molecule has 172 valence electrons. The van der Waals surface area contributed by atoms with Crippen LogP contribution in [-0.4, -0.2) is 50.9 Å². The summed E-state index contributed by atoms with van der Waals surface area (Å²) in [6.45, 7) is -0.302. The van der Waals surface area contributed by atoms with E-state index in [0.717, 1.165) is 16.0 Å². The number of nitrogens with zero attached hydrogens (tertiary/aromatic N) is 1. The van der Waals surface area contributed by atoms with Crippen LogP contribution in [0.5, 0.6) is 0 Å². The first-order chi connectivity index (χ1) is 16.3. The van der Waals surface area contributed by atoms with Gasteiger partial charge in [-0.3, -0.25) is 29.4 Å². The Balaban J connectivity index is 1.70. The fourth-order valence-electron chi connectivity index (χ4n) is 4.84. The van der Waals surface area contributed by atoms with Crippen LogP contribution in [0.3, 0.4) is 0 Å². The molecule has 0 aliphatic carbocycles. The molecule has 2 fully saturated rings. The summed E-state index contributed by atoms with van der Waals surface area (Å²) < 4.78 is 0. The molecule has 0 bridgehead atoms. The number of aliphatic carboxylic acids is 2. The average Bonchev–Trinajstić information content (AvgIpc) is 3.28. The van der Waals surface area contributed by atoms with Gasteiger partial charge in [-0.2, -0.15) is 0 Å². The molecule has 2 aromatic rings. The van der Waals surface area contributed by atoms with Crippen molar-refractivity contribution in [1.29, 1.82) is 0 Å². The second-order valence-electron chi connectivity index (χ2n) is 8.35. The Bertz CT molecular complexity index is 1210. The molecule has 0 aromatic heterocycles. The molecule has 2 heterocycles. The fraction of sp³-hybridized carbons (Fsp3) is 0.231. The molecule has 0 radical (unpaired) electrons. The normalized spacial score (nSPS) is 26.0. The van der Waals surface area contributed by atoms with Gasteiger partial charge in [0.05, 0.1) is 24.8 Å². The Labute approximate surface area is 195 Å². The van der Waals surface area contributed by atoms with Crippen molar-refractivity contribution in [1.82, 2.24) is 10.2 Å². The van der Waals surface area contributed by atoms with Gasteiger partial charge < -0.3 is 10.2 Å². The van der Waals surface area contributed by atoms with Gasteiger partial charge in [-0.1, -0.05) is 72.7 Å². The number of amides is 2. The lowest BCUT2D eigenvalue weighted by molar-refractivity contribution is -0.155. The zero-order chi connectivity index (χ0) is 24.5. The van der Waals surface area contributed by atoms with Crippen molar-refractivity contribution >= 4 is 35.9 Å². The maximum absolute atomic E-state index is 13.1. The number of fused-ring (bicyclic) bond motifs is 1. The number of hydrogen-bond acceptors (Lipinski definition) is 5. The molecule has 4 rings (SSSR count).